The summed E-state index contributed by atoms with van der Waals surface area (Å²) in [4.78, 5) is 2.48. The van der Waals surface area contributed by atoms with Gasteiger partial charge in [0.2, 0.25) is 0 Å². The Kier molecular flexibility index (Phi) is 3.39. The van der Waals surface area contributed by atoms with Gasteiger partial charge in [0.1, 0.15) is 0 Å². The average Bonchev–Trinajstić information content (AvgIpc) is 2.41. The zero-order chi connectivity index (χ0) is 14.1. The van der Waals surface area contributed by atoms with Crippen LogP contribution in [0, 0.1) is 20.8 Å². The smallest absolute Gasteiger partial charge is 0.0608 e. The third-order valence-electron chi connectivity index (χ3n) is 4.11. The van der Waals surface area contributed by atoms with Crippen LogP contribution in [0.15, 0.2) is 36.4 Å². The van der Waals surface area contributed by atoms with Crippen LogP contribution in [-0.4, -0.2) is 13.1 Å². The maximum atomic E-state index is 3.52. The molecule has 20 heavy (non-hydrogen) atoms. The van der Waals surface area contributed by atoms with E-state index < -0.39 is 0 Å². The SMILES string of the molecule is Cc1cccc(CN2CCNc3cc(C)c(C)cc32)c1. The van der Waals surface area contributed by atoms with Crippen molar-refractivity contribution in [2.75, 3.05) is 23.3 Å². The van der Waals surface area contributed by atoms with Gasteiger partial charge in [0.05, 0.1) is 11.4 Å². The lowest BCUT2D eigenvalue weighted by Crippen LogP contribution is -2.33. The molecule has 0 bridgehead atoms. The molecule has 2 nitrogen and oxygen atoms in total. The molecule has 0 saturated heterocycles. The van der Waals surface area contributed by atoms with Crippen LogP contribution in [0.25, 0.3) is 0 Å². The Morgan fingerprint density at radius 1 is 1.05 bits per heavy atom. The van der Waals surface area contributed by atoms with Crippen molar-refractivity contribution in [3.05, 3.63) is 58.7 Å². The van der Waals surface area contributed by atoms with E-state index in [1.807, 2.05) is 0 Å². The van der Waals surface area contributed by atoms with Crippen LogP contribution in [0.2, 0.25) is 0 Å². The fourth-order valence-corrected chi connectivity index (χ4v) is 2.85. The largest absolute Gasteiger partial charge is 0.382 e. The van der Waals surface area contributed by atoms with Crippen molar-refractivity contribution in [1.82, 2.24) is 0 Å². The molecule has 2 aromatic rings. The third kappa shape index (κ3) is 2.51. The van der Waals surface area contributed by atoms with E-state index in [4.69, 9.17) is 0 Å². The fraction of sp³-hybridized carbons (Fsp3) is 0.333. The minimum Gasteiger partial charge on any atom is -0.382 e. The number of rotatable bonds is 2. The molecule has 104 valence electrons. The van der Waals surface area contributed by atoms with Gasteiger partial charge in [-0.05, 0) is 49.6 Å². The molecule has 0 aromatic heterocycles. The molecule has 0 atom stereocenters. The second kappa shape index (κ2) is 5.20. The summed E-state index contributed by atoms with van der Waals surface area (Å²) in [6.45, 7) is 9.58. The Morgan fingerprint density at radius 2 is 1.85 bits per heavy atom. The molecule has 1 N–H and O–H groups in total. The molecule has 0 spiro atoms. The number of anilines is 2. The molecule has 1 aliphatic rings. The van der Waals surface area contributed by atoms with Gasteiger partial charge in [-0.15, -0.1) is 0 Å². The first-order valence-corrected chi connectivity index (χ1v) is 7.29. The molecule has 3 rings (SSSR count). The van der Waals surface area contributed by atoms with E-state index in [2.05, 4.69) is 67.4 Å². The fourth-order valence-electron chi connectivity index (χ4n) is 2.85. The first-order chi connectivity index (χ1) is 9.63. The number of nitrogens with one attached hydrogen (secondary N) is 1. The van der Waals surface area contributed by atoms with E-state index in [1.54, 1.807) is 0 Å². The quantitative estimate of drug-likeness (QED) is 0.882. The van der Waals surface area contributed by atoms with Gasteiger partial charge in [-0.2, -0.15) is 0 Å². The standard InChI is InChI=1S/C18H22N2/c1-13-5-4-6-16(9-13)12-20-8-7-19-17-10-14(2)15(3)11-18(17)20/h4-6,9-11,19H,7-8,12H2,1-3H3. The van der Waals surface area contributed by atoms with Gasteiger partial charge in [0.25, 0.3) is 0 Å². The predicted molar refractivity (Wildman–Crippen MR) is 86.6 cm³/mol. The summed E-state index contributed by atoms with van der Waals surface area (Å²) < 4.78 is 0. The Morgan fingerprint density at radius 3 is 2.65 bits per heavy atom. The predicted octanol–water partition coefficient (Wildman–Crippen LogP) is 4.04. The first-order valence-electron chi connectivity index (χ1n) is 7.29. The van der Waals surface area contributed by atoms with Gasteiger partial charge >= 0.3 is 0 Å². The molecule has 0 radical (unpaired) electrons. The molecule has 0 saturated carbocycles. The molecule has 0 unspecified atom stereocenters. The van der Waals surface area contributed by atoms with Crippen LogP contribution < -0.4 is 10.2 Å². The number of aryl methyl sites for hydroxylation is 3. The summed E-state index contributed by atoms with van der Waals surface area (Å²) in [6, 6.07) is 13.4. The summed E-state index contributed by atoms with van der Waals surface area (Å²) in [5, 5.41) is 3.52. The van der Waals surface area contributed by atoms with Crippen LogP contribution in [0.5, 0.6) is 0 Å². The van der Waals surface area contributed by atoms with Crippen molar-refractivity contribution in [1.29, 1.82) is 0 Å². The molecule has 0 fully saturated rings. The van der Waals surface area contributed by atoms with Crippen LogP contribution in [-0.2, 0) is 6.54 Å². The highest BCUT2D eigenvalue weighted by Crippen LogP contribution is 2.32. The van der Waals surface area contributed by atoms with Crippen LogP contribution >= 0.6 is 0 Å². The number of nitrogens with zero attached hydrogens (tertiary/aromatic N) is 1. The van der Waals surface area contributed by atoms with E-state index in [0.29, 0.717) is 0 Å². The van der Waals surface area contributed by atoms with E-state index >= 15 is 0 Å². The van der Waals surface area contributed by atoms with Crippen molar-refractivity contribution < 1.29 is 0 Å². The summed E-state index contributed by atoms with van der Waals surface area (Å²) in [7, 11) is 0. The zero-order valence-corrected chi connectivity index (χ0v) is 12.5. The van der Waals surface area contributed by atoms with Gasteiger partial charge < -0.3 is 10.2 Å². The number of benzene rings is 2. The van der Waals surface area contributed by atoms with Gasteiger partial charge in [0, 0.05) is 19.6 Å². The topological polar surface area (TPSA) is 15.3 Å². The molecule has 0 aliphatic carbocycles. The normalized spacial score (nSPS) is 13.8. The molecule has 0 amide bonds. The summed E-state index contributed by atoms with van der Waals surface area (Å²) in [5.41, 5.74) is 8.04. The molecule has 2 aromatic carbocycles. The maximum absolute atomic E-state index is 3.52. The number of hydrogen-bond acceptors (Lipinski definition) is 2. The Bertz CT molecular complexity index is 631. The van der Waals surface area contributed by atoms with Crippen molar-refractivity contribution in [3.8, 4) is 0 Å². The highest BCUT2D eigenvalue weighted by Gasteiger charge is 2.17. The molecule has 2 heteroatoms. The lowest BCUT2D eigenvalue weighted by atomic mass is 10.0. The molecule has 1 aliphatic heterocycles. The number of hydrogen-bond donors (Lipinski definition) is 1. The van der Waals surface area contributed by atoms with Crippen molar-refractivity contribution >= 4 is 11.4 Å². The second-order valence-electron chi connectivity index (χ2n) is 5.79. The van der Waals surface area contributed by atoms with Crippen LogP contribution in [0.4, 0.5) is 11.4 Å². The Labute approximate surface area is 121 Å². The molecular formula is C18H22N2. The first kappa shape index (κ1) is 13.0. The molecule has 1 heterocycles. The van der Waals surface area contributed by atoms with Gasteiger partial charge in [0.15, 0.2) is 0 Å². The Balaban J connectivity index is 1.92. The summed E-state index contributed by atoms with van der Waals surface area (Å²) in [6.07, 6.45) is 0. The van der Waals surface area contributed by atoms with E-state index in [1.165, 1.54) is 33.6 Å². The monoisotopic (exact) mass is 266 g/mol. The second-order valence-corrected chi connectivity index (χ2v) is 5.79. The average molecular weight is 266 g/mol. The maximum Gasteiger partial charge on any atom is 0.0608 e. The summed E-state index contributed by atoms with van der Waals surface area (Å²) >= 11 is 0. The molecular weight excluding hydrogens is 244 g/mol. The van der Waals surface area contributed by atoms with Crippen molar-refractivity contribution in [2.45, 2.75) is 27.3 Å². The van der Waals surface area contributed by atoms with Crippen molar-refractivity contribution in [2.24, 2.45) is 0 Å². The zero-order valence-electron chi connectivity index (χ0n) is 12.5. The van der Waals surface area contributed by atoms with Crippen LogP contribution in [0.3, 0.4) is 0 Å². The Hall–Kier alpha value is -1.96. The minimum absolute atomic E-state index is 0.985. The van der Waals surface area contributed by atoms with Gasteiger partial charge in [-0.25, -0.2) is 0 Å². The van der Waals surface area contributed by atoms with Crippen LogP contribution in [0.1, 0.15) is 22.3 Å². The van der Waals surface area contributed by atoms with E-state index in [-0.39, 0.29) is 0 Å². The lowest BCUT2D eigenvalue weighted by molar-refractivity contribution is 0.785. The summed E-state index contributed by atoms with van der Waals surface area (Å²) in [5.74, 6) is 0. The van der Waals surface area contributed by atoms with Crippen molar-refractivity contribution in [3.63, 3.8) is 0 Å². The van der Waals surface area contributed by atoms with Gasteiger partial charge in [-0.3, -0.25) is 0 Å². The van der Waals surface area contributed by atoms with Gasteiger partial charge in [-0.1, -0.05) is 29.8 Å². The number of fused-ring (bicyclic) bond motifs is 1. The minimum atomic E-state index is 0.985. The van der Waals surface area contributed by atoms with E-state index in [9.17, 15) is 0 Å². The third-order valence-corrected chi connectivity index (χ3v) is 4.11. The highest BCUT2D eigenvalue weighted by molar-refractivity contribution is 5.74. The van der Waals surface area contributed by atoms with E-state index in [0.717, 1.165) is 19.6 Å². The highest BCUT2D eigenvalue weighted by atomic mass is 15.2. The lowest BCUT2D eigenvalue weighted by Gasteiger charge is -2.33.